The van der Waals surface area contributed by atoms with Crippen LogP contribution in [0.25, 0.3) is 0 Å². The van der Waals surface area contributed by atoms with E-state index in [1.807, 2.05) is 60.7 Å². The van der Waals surface area contributed by atoms with Gasteiger partial charge in [-0.15, -0.1) is 0 Å². The van der Waals surface area contributed by atoms with Crippen molar-refractivity contribution in [3.63, 3.8) is 0 Å². The minimum atomic E-state index is 0.695. The summed E-state index contributed by atoms with van der Waals surface area (Å²) in [6.45, 7) is 0. The maximum absolute atomic E-state index is 5.43. The molecule has 1 aliphatic heterocycles. The summed E-state index contributed by atoms with van der Waals surface area (Å²) in [5, 5.41) is 4.18. The quantitative estimate of drug-likeness (QED) is 0.660. The zero-order chi connectivity index (χ0) is 18.5. The van der Waals surface area contributed by atoms with Gasteiger partial charge in [0.2, 0.25) is 0 Å². The largest absolute Gasteiger partial charge is 0.494 e. The molecule has 3 aromatic rings. The SMILES string of the molecule is COc1ccccc1N=C1/N=C(/c2ccccc2)Nc2ccccc2CS1. The lowest BCUT2D eigenvalue weighted by atomic mass is 10.1. The van der Waals surface area contributed by atoms with Crippen molar-refractivity contribution < 1.29 is 4.74 Å². The first-order valence-corrected chi connectivity index (χ1v) is 9.65. The summed E-state index contributed by atoms with van der Waals surface area (Å²) in [5.41, 5.74) is 4.08. The highest BCUT2D eigenvalue weighted by Crippen LogP contribution is 2.31. The van der Waals surface area contributed by atoms with E-state index in [1.165, 1.54) is 5.56 Å². The van der Waals surface area contributed by atoms with Crippen molar-refractivity contribution in [2.24, 2.45) is 9.98 Å². The van der Waals surface area contributed by atoms with Gasteiger partial charge in [-0.05, 0) is 23.8 Å². The molecule has 1 aliphatic rings. The maximum atomic E-state index is 5.43. The Morgan fingerprint density at radius 2 is 1.67 bits per heavy atom. The lowest BCUT2D eigenvalue weighted by Crippen LogP contribution is -2.18. The molecule has 0 atom stereocenters. The molecule has 0 aromatic heterocycles. The van der Waals surface area contributed by atoms with E-state index < -0.39 is 0 Å². The number of amidine groups is 2. The molecule has 4 rings (SSSR count). The number of rotatable bonds is 3. The normalized spacial score (nSPS) is 17.1. The molecule has 0 aliphatic carbocycles. The lowest BCUT2D eigenvalue weighted by Gasteiger charge is -2.17. The number of aliphatic imine (C=N–C) groups is 2. The second-order valence-electron chi connectivity index (χ2n) is 5.96. The van der Waals surface area contributed by atoms with Crippen molar-refractivity contribution in [1.82, 2.24) is 0 Å². The molecule has 1 heterocycles. The highest BCUT2D eigenvalue weighted by atomic mass is 32.2. The number of nitrogens with zero attached hydrogens (tertiary/aromatic N) is 2. The fraction of sp³-hybridized carbons (Fsp3) is 0.0909. The number of methoxy groups -OCH3 is 1. The third-order valence-electron chi connectivity index (χ3n) is 4.18. The van der Waals surface area contributed by atoms with Gasteiger partial charge >= 0.3 is 0 Å². The van der Waals surface area contributed by atoms with Gasteiger partial charge in [0.15, 0.2) is 5.17 Å². The van der Waals surface area contributed by atoms with Gasteiger partial charge in [0.25, 0.3) is 0 Å². The fourth-order valence-corrected chi connectivity index (χ4v) is 3.66. The predicted octanol–water partition coefficient (Wildman–Crippen LogP) is 5.49. The molecular weight excluding hydrogens is 354 g/mol. The zero-order valence-electron chi connectivity index (χ0n) is 14.9. The summed E-state index contributed by atoms with van der Waals surface area (Å²) >= 11 is 1.62. The predicted molar refractivity (Wildman–Crippen MR) is 114 cm³/mol. The van der Waals surface area contributed by atoms with E-state index in [9.17, 15) is 0 Å². The van der Waals surface area contributed by atoms with Crippen LogP contribution in [-0.4, -0.2) is 18.1 Å². The Bertz CT molecular complexity index is 999. The Kier molecular flexibility index (Phi) is 5.21. The average Bonchev–Trinajstić information content (AvgIpc) is 2.71. The van der Waals surface area contributed by atoms with E-state index in [0.29, 0.717) is 5.17 Å². The maximum Gasteiger partial charge on any atom is 0.190 e. The molecule has 0 amide bonds. The van der Waals surface area contributed by atoms with Crippen LogP contribution in [0.1, 0.15) is 11.1 Å². The van der Waals surface area contributed by atoms with Crippen LogP contribution >= 0.6 is 11.8 Å². The molecule has 0 saturated carbocycles. The van der Waals surface area contributed by atoms with E-state index in [-0.39, 0.29) is 0 Å². The Morgan fingerprint density at radius 1 is 0.926 bits per heavy atom. The highest BCUT2D eigenvalue weighted by molar-refractivity contribution is 8.13. The Balaban J connectivity index is 1.80. The third kappa shape index (κ3) is 4.04. The van der Waals surface area contributed by atoms with Crippen molar-refractivity contribution in [2.45, 2.75) is 5.75 Å². The number of benzene rings is 3. The standard InChI is InChI=1S/C22H19N3OS/c1-26-20-14-8-7-13-19(20)24-22-25-21(16-9-3-2-4-10-16)23-18-12-6-5-11-17(18)15-27-22/h2-14H,15H2,1H3,(H,23,24,25). The van der Waals surface area contributed by atoms with E-state index >= 15 is 0 Å². The van der Waals surface area contributed by atoms with Crippen molar-refractivity contribution in [1.29, 1.82) is 0 Å². The Morgan fingerprint density at radius 3 is 2.52 bits per heavy atom. The summed E-state index contributed by atoms with van der Waals surface area (Å²) in [7, 11) is 1.65. The number of ether oxygens (including phenoxy) is 1. The van der Waals surface area contributed by atoms with Gasteiger partial charge in [0, 0.05) is 17.0 Å². The second kappa shape index (κ2) is 8.10. The van der Waals surface area contributed by atoms with Gasteiger partial charge in [-0.3, -0.25) is 0 Å². The molecule has 5 heteroatoms. The van der Waals surface area contributed by atoms with Crippen LogP contribution in [0.3, 0.4) is 0 Å². The van der Waals surface area contributed by atoms with E-state index in [0.717, 1.165) is 34.3 Å². The van der Waals surface area contributed by atoms with E-state index in [1.54, 1.807) is 18.9 Å². The monoisotopic (exact) mass is 373 g/mol. The number of hydrogen-bond acceptors (Lipinski definition) is 4. The molecular formula is C22H19N3OS. The van der Waals surface area contributed by atoms with Crippen LogP contribution in [0, 0.1) is 0 Å². The number of hydrogen-bond donors (Lipinski definition) is 1. The zero-order valence-corrected chi connectivity index (χ0v) is 15.7. The lowest BCUT2D eigenvalue weighted by molar-refractivity contribution is 0.416. The molecule has 0 bridgehead atoms. The number of anilines is 1. The molecule has 3 aromatic carbocycles. The van der Waals surface area contributed by atoms with Gasteiger partial charge in [-0.25, -0.2) is 9.98 Å². The highest BCUT2D eigenvalue weighted by Gasteiger charge is 2.14. The van der Waals surface area contributed by atoms with Crippen molar-refractivity contribution in [3.05, 3.63) is 90.0 Å². The molecule has 0 radical (unpaired) electrons. The van der Waals surface area contributed by atoms with Gasteiger partial charge in [-0.1, -0.05) is 72.4 Å². The smallest absolute Gasteiger partial charge is 0.190 e. The minimum Gasteiger partial charge on any atom is -0.494 e. The second-order valence-corrected chi connectivity index (χ2v) is 6.91. The summed E-state index contributed by atoms with van der Waals surface area (Å²) in [4.78, 5) is 9.60. The first-order valence-electron chi connectivity index (χ1n) is 8.67. The molecule has 134 valence electrons. The molecule has 0 saturated heterocycles. The van der Waals surface area contributed by atoms with Crippen LogP contribution in [0.15, 0.2) is 88.8 Å². The average molecular weight is 373 g/mol. The molecule has 1 N–H and O–H groups in total. The molecule has 0 fully saturated rings. The van der Waals surface area contributed by atoms with Gasteiger partial charge in [0.1, 0.15) is 17.3 Å². The molecule has 4 nitrogen and oxygen atoms in total. The number of fused-ring (bicyclic) bond motifs is 1. The first kappa shape index (κ1) is 17.4. The summed E-state index contributed by atoms with van der Waals surface area (Å²) in [6.07, 6.45) is 0. The number of nitrogens with one attached hydrogen (secondary N) is 1. The van der Waals surface area contributed by atoms with Crippen LogP contribution in [-0.2, 0) is 5.75 Å². The van der Waals surface area contributed by atoms with Crippen molar-refractivity contribution in [3.8, 4) is 5.75 Å². The fourth-order valence-electron chi connectivity index (χ4n) is 2.81. The Hall–Kier alpha value is -3.05. The van der Waals surface area contributed by atoms with Crippen molar-refractivity contribution in [2.75, 3.05) is 12.4 Å². The first-order chi connectivity index (χ1) is 13.3. The van der Waals surface area contributed by atoms with Crippen LogP contribution < -0.4 is 10.1 Å². The third-order valence-corrected chi connectivity index (χ3v) is 5.08. The number of para-hydroxylation sites is 3. The number of thioether (sulfide) groups is 1. The summed E-state index contributed by atoms with van der Waals surface area (Å²) in [6, 6.07) is 26.1. The molecule has 27 heavy (non-hydrogen) atoms. The van der Waals surface area contributed by atoms with E-state index in [4.69, 9.17) is 14.7 Å². The van der Waals surface area contributed by atoms with Crippen molar-refractivity contribution >= 4 is 34.1 Å². The van der Waals surface area contributed by atoms with Crippen LogP contribution in [0.2, 0.25) is 0 Å². The molecule has 0 unspecified atom stereocenters. The van der Waals surface area contributed by atoms with Gasteiger partial charge in [-0.2, -0.15) is 0 Å². The van der Waals surface area contributed by atoms with Crippen LogP contribution in [0.5, 0.6) is 5.75 Å². The van der Waals surface area contributed by atoms with Gasteiger partial charge < -0.3 is 10.1 Å². The Labute approximate surface area is 163 Å². The molecule has 0 spiro atoms. The summed E-state index contributed by atoms with van der Waals surface area (Å²) in [5.74, 6) is 2.31. The van der Waals surface area contributed by atoms with Crippen LogP contribution in [0.4, 0.5) is 11.4 Å². The van der Waals surface area contributed by atoms with E-state index in [2.05, 4.69) is 23.5 Å². The van der Waals surface area contributed by atoms with Gasteiger partial charge in [0.05, 0.1) is 7.11 Å². The minimum absolute atomic E-state index is 0.695. The topological polar surface area (TPSA) is 46.0 Å². The summed E-state index contributed by atoms with van der Waals surface area (Å²) < 4.78 is 5.43.